The van der Waals surface area contributed by atoms with E-state index in [4.69, 9.17) is 4.74 Å². The molecule has 0 saturated carbocycles. The molecule has 0 bridgehead atoms. The lowest BCUT2D eigenvalue weighted by molar-refractivity contribution is -0.131. The van der Waals surface area contributed by atoms with Gasteiger partial charge < -0.3 is 15.4 Å². The van der Waals surface area contributed by atoms with Crippen molar-refractivity contribution in [2.45, 2.75) is 27.2 Å². The van der Waals surface area contributed by atoms with Crippen LogP contribution in [0.3, 0.4) is 0 Å². The SMILES string of the molecule is COc1ccc(CCNC(=O)CNC(=O)C(C)(C)C)cc1. The summed E-state index contributed by atoms with van der Waals surface area (Å²) < 4.78 is 5.08. The van der Waals surface area contributed by atoms with Crippen LogP contribution >= 0.6 is 0 Å². The first kappa shape index (κ1) is 17.0. The van der Waals surface area contributed by atoms with Crippen LogP contribution in [0.1, 0.15) is 26.3 Å². The molecule has 0 unspecified atom stereocenters. The Kier molecular flexibility index (Phi) is 6.21. The number of hydrogen-bond donors (Lipinski definition) is 2. The van der Waals surface area contributed by atoms with Crippen LogP contribution < -0.4 is 15.4 Å². The molecule has 5 nitrogen and oxygen atoms in total. The Labute approximate surface area is 126 Å². The maximum Gasteiger partial charge on any atom is 0.239 e. The number of carbonyl (C=O) groups is 2. The van der Waals surface area contributed by atoms with E-state index in [0.29, 0.717) is 6.54 Å². The van der Waals surface area contributed by atoms with Gasteiger partial charge in [0.25, 0.3) is 0 Å². The number of methoxy groups -OCH3 is 1. The number of carbonyl (C=O) groups excluding carboxylic acids is 2. The predicted molar refractivity (Wildman–Crippen MR) is 82.2 cm³/mol. The summed E-state index contributed by atoms with van der Waals surface area (Å²) in [6.07, 6.45) is 0.739. The maximum atomic E-state index is 11.6. The van der Waals surface area contributed by atoms with Gasteiger partial charge in [0.05, 0.1) is 13.7 Å². The Morgan fingerprint density at radius 1 is 1.10 bits per heavy atom. The molecule has 0 spiro atoms. The zero-order valence-corrected chi connectivity index (χ0v) is 13.2. The van der Waals surface area contributed by atoms with E-state index in [1.54, 1.807) is 7.11 Å². The van der Waals surface area contributed by atoms with Crippen molar-refractivity contribution in [2.75, 3.05) is 20.2 Å². The molecular weight excluding hydrogens is 268 g/mol. The van der Waals surface area contributed by atoms with Crippen molar-refractivity contribution in [2.24, 2.45) is 5.41 Å². The van der Waals surface area contributed by atoms with Gasteiger partial charge in [0.1, 0.15) is 5.75 Å². The van der Waals surface area contributed by atoms with Crippen LogP contribution in [0.2, 0.25) is 0 Å². The topological polar surface area (TPSA) is 67.4 Å². The summed E-state index contributed by atoms with van der Waals surface area (Å²) in [6.45, 7) is 5.98. The molecule has 2 amide bonds. The van der Waals surface area contributed by atoms with E-state index in [1.807, 2.05) is 45.0 Å². The molecule has 1 aromatic carbocycles. The summed E-state index contributed by atoms with van der Waals surface area (Å²) in [5.41, 5.74) is 0.637. The predicted octanol–water partition coefficient (Wildman–Crippen LogP) is 1.52. The van der Waals surface area contributed by atoms with Gasteiger partial charge in [-0.15, -0.1) is 0 Å². The van der Waals surface area contributed by atoms with Gasteiger partial charge in [-0.1, -0.05) is 32.9 Å². The standard InChI is InChI=1S/C16H24N2O3/c1-16(2,3)15(20)18-11-14(19)17-10-9-12-5-7-13(21-4)8-6-12/h5-8H,9-11H2,1-4H3,(H,17,19)(H,18,20). The van der Waals surface area contributed by atoms with E-state index in [0.717, 1.165) is 17.7 Å². The molecule has 21 heavy (non-hydrogen) atoms. The Balaban J connectivity index is 2.25. The Hall–Kier alpha value is -2.04. The molecular formula is C16H24N2O3. The highest BCUT2D eigenvalue weighted by atomic mass is 16.5. The fraction of sp³-hybridized carbons (Fsp3) is 0.500. The smallest absolute Gasteiger partial charge is 0.239 e. The minimum atomic E-state index is -0.483. The molecule has 0 heterocycles. The van der Waals surface area contributed by atoms with Crippen molar-refractivity contribution >= 4 is 11.8 Å². The lowest BCUT2D eigenvalue weighted by Crippen LogP contribution is -2.42. The summed E-state index contributed by atoms with van der Waals surface area (Å²) >= 11 is 0. The number of nitrogens with one attached hydrogen (secondary N) is 2. The van der Waals surface area contributed by atoms with Crippen molar-refractivity contribution < 1.29 is 14.3 Å². The highest BCUT2D eigenvalue weighted by molar-refractivity contribution is 5.87. The minimum Gasteiger partial charge on any atom is -0.497 e. The number of amides is 2. The van der Waals surface area contributed by atoms with Crippen LogP contribution in [-0.2, 0) is 16.0 Å². The summed E-state index contributed by atoms with van der Waals surface area (Å²) in [4.78, 5) is 23.2. The van der Waals surface area contributed by atoms with Gasteiger partial charge in [0.15, 0.2) is 0 Å². The van der Waals surface area contributed by atoms with Crippen LogP contribution in [0.15, 0.2) is 24.3 Å². The average molecular weight is 292 g/mol. The van der Waals surface area contributed by atoms with Crippen LogP contribution in [0, 0.1) is 5.41 Å². The fourth-order valence-electron chi connectivity index (χ4n) is 1.63. The maximum absolute atomic E-state index is 11.6. The summed E-state index contributed by atoms with van der Waals surface area (Å²) in [5.74, 6) is 0.501. The van der Waals surface area contributed by atoms with Crippen LogP contribution in [-0.4, -0.2) is 32.0 Å². The molecule has 5 heteroatoms. The molecule has 116 valence electrons. The molecule has 0 aliphatic carbocycles. The van der Waals surface area contributed by atoms with Crippen molar-refractivity contribution in [3.63, 3.8) is 0 Å². The number of ether oxygens (including phenoxy) is 1. The fourth-order valence-corrected chi connectivity index (χ4v) is 1.63. The Morgan fingerprint density at radius 3 is 2.24 bits per heavy atom. The summed E-state index contributed by atoms with van der Waals surface area (Å²) in [7, 11) is 1.63. The van der Waals surface area contributed by atoms with Crippen molar-refractivity contribution in [3.05, 3.63) is 29.8 Å². The highest BCUT2D eigenvalue weighted by Crippen LogP contribution is 2.12. The highest BCUT2D eigenvalue weighted by Gasteiger charge is 2.21. The van der Waals surface area contributed by atoms with Crippen molar-refractivity contribution in [1.29, 1.82) is 0 Å². The second-order valence-corrected chi connectivity index (χ2v) is 5.88. The molecule has 1 rings (SSSR count). The lowest BCUT2D eigenvalue weighted by atomic mass is 9.96. The van der Waals surface area contributed by atoms with Gasteiger partial charge in [-0.3, -0.25) is 9.59 Å². The van der Waals surface area contributed by atoms with Gasteiger partial charge in [0, 0.05) is 12.0 Å². The molecule has 0 aliphatic heterocycles. The van der Waals surface area contributed by atoms with Crippen LogP contribution in [0.25, 0.3) is 0 Å². The molecule has 0 aliphatic rings. The lowest BCUT2D eigenvalue weighted by Gasteiger charge is -2.17. The van der Waals surface area contributed by atoms with E-state index in [2.05, 4.69) is 10.6 Å². The molecule has 0 aromatic heterocycles. The largest absolute Gasteiger partial charge is 0.497 e. The first-order valence-corrected chi connectivity index (χ1v) is 7.01. The van der Waals surface area contributed by atoms with E-state index in [-0.39, 0.29) is 18.4 Å². The second-order valence-electron chi connectivity index (χ2n) is 5.88. The van der Waals surface area contributed by atoms with Gasteiger partial charge in [-0.2, -0.15) is 0 Å². The number of hydrogen-bond acceptors (Lipinski definition) is 3. The van der Waals surface area contributed by atoms with Crippen LogP contribution in [0.4, 0.5) is 0 Å². The average Bonchev–Trinajstić information content (AvgIpc) is 2.44. The normalized spacial score (nSPS) is 10.9. The Morgan fingerprint density at radius 2 is 1.71 bits per heavy atom. The third-order valence-corrected chi connectivity index (χ3v) is 2.99. The van der Waals surface area contributed by atoms with Crippen LogP contribution in [0.5, 0.6) is 5.75 Å². The van der Waals surface area contributed by atoms with E-state index in [1.165, 1.54) is 0 Å². The molecule has 0 radical (unpaired) electrons. The third-order valence-electron chi connectivity index (χ3n) is 2.99. The molecule has 1 aromatic rings. The van der Waals surface area contributed by atoms with Crippen molar-refractivity contribution in [3.8, 4) is 5.75 Å². The number of rotatable bonds is 6. The Bertz CT molecular complexity index is 475. The number of benzene rings is 1. The third kappa shape index (κ3) is 6.29. The van der Waals surface area contributed by atoms with Gasteiger partial charge >= 0.3 is 0 Å². The molecule has 0 saturated heterocycles. The quantitative estimate of drug-likeness (QED) is 0.835. The zero-order valence-electron chi connectivity index (χ0n) is 13.2. The summed E-state index contributed by atoms with van der Waals surface area (Å²) in [5, 5.41) is 5.40. The van der Waals surface area contributed by atoms with E-state index >= 15 is 0 Å². The summed E-state index contributed by atoms with van der Waals surface area (Å²) in [6, 6.07) is 7.71. The van der Waals surface area contributed by atoms with E-state index < -0.39 is 5.41 Å². The van der Waals surface area contributed by atoms with Gasteiger partial charge in [-0.05, 0) is 24.1 Å². The van der Waals surface area contributed by atoms with Gasteiger partial charge in [-0.25, -0.2) is 0 Å². The first-order chi connectivity index (χ1) is 9.82. The monoisotopic (exact) mass is 292 g/mol. The van der Waals surface area contributed by atoms with E-state index in [9.17, 15) is 9.59 Å². The van der Waals surface area contributed by atoms with Gasteiger partial charge in [0.2, 0.25) is 11.8 Å². The second kappa shape index (κ2) is 7.67. The zero-order chi connectivity index (χ0) is 15.9. The molecule has 0 atom stereocenters. The first-order valence-electron chi connectivity index (χ1n) is 7.01. The van der Waals surface area contributed by atoms with Crippen molar-refractivity contribution in [1.82, 2.24) is 10.6 Å². The minimum absolute atomic E-state index is 0.0126. The molecule has 2 N–H and O–H groups in total. The molecule has 0 fully saturated rings.